The predicted octanol–water partition coefficient (Wildman–Crippen LogP) is 1.44. The van der Waals surface area contributed by atoms with Crippen LogP contribution in [-0.2, 0) is 9.84 Å². The number of nitrogens with one attached hydrogen (secondary N) is 1. The lowest BCUT2D eigenvalue weighted by Gasteiger charge is -2.39. The monoisotopic (exact) mass is 435 g/mol. The molecule has 1 aliphatic heterocycles. The molecular formula is C12H26IN3O2S2. The maximum Gasteiger partial charge on any atom is 0.194 e. The van der Waals surface area contributed by atoms with Crippen molar-refractivity contribution in [2.45, 2.75) is 25.5 Å². The third kappa shape index (κ3) is 5.25. The van der Waals surface area contributed by atoms with Crippen LogP contribution in [-0.4, -0.2) is 68.0 Å². The van der Waals surface area contributed by atoms with Gasteiger partial charge >= 0.3 is 0 Å². The summed E-state index contributed by atoms with van der Waals surface area (Å²) >= 11 is 1.76. The summed E-state index contributed by atoms with van der Waals surface area (Å²) in [5, 5.41) is 3.25. The number of sulfone groups is 1. The molecule has 0 aliphatic carbocycles. The molecule has 0 spiro atoms. The molecular weight excluding hydrogens is 409 g/mol. The van der Waals surface area contributed by atoms with Crippen LogP contribution in [0.3, 0.4) is 0 Å². The summed E-state index contributed by atoms with van der Waals surface area (Å²) in [6, 6.07) is 0. The first-order valence-electron chi connectivity index (χ1n) is 6.58. The van der Waals surface area contributed by atoms with Crippen molar-refractivity contribution >= 4 is 51.5 Å². The van der Waals surface area contributed by atoms with Gasteiger partial charge in [-0.3, -0.25) is 4.99 Å². The predicted molar refractivity (Wildman–Crippen MR) is 99.2 cm³/mol. The largest absolute Gasteiger partial charge is 0.357 e. The molecule has 0 radical (unpaired) electrons. The van der Waals surface area contributed by atoms with Crippen LogP contribution in [0.15, 0.2) is 4.99 Å². The van der Waals surface area contributed by atoms with Gasteiger partial charge in [-0.15, -0.1) is 24.0 Å². The van der Waals surface area contributed by atoms with Gasteiger partial charge in [0.05, 0.1) is 17.0 Å². The smallest absolute Gasteiger partial charge is 0.194 e. The Balaban J connectivity index is 0.00000361. The molecule has 0 amide bonds. The lowest BCUT2D eigenvalue weighted by molar-refractivity contribution is 0.353. The minimum absolute atomic E-state index is 0. The second-order valence-corrected chi connectivity index (χ2v) is 8.96. The second-order valence-electron chi connectivity index (χ2n) is 5.23. The standard InChI is InChI=1S/C12H25N3O2S2.HI/c1-5-13-11(14-6-8-18-4)15-7-9-19(16,17)12(2,3)10-15;/h5-10H2,1-4H3,(H,13,14);1H. The van der Waals surface area contributed by atoms with Crippen molar-refractivity contribution in [1.29, 1.82) is 0 Å². The number of halogens is 1. The molecule has 1 fully saturated rings. The Morgan fingerprint density at radius 2 is 2.10 bits per heavy atom. The summed E-state index contributed by atoms with van der Waals surface area (Å²) in [6.07, 6.45) is 2.05. The first kappa shape index (κ1) is 20.3. The quantitative estimate of drug-likeness (QED) is 0.314. The normalized spacial score (nSPS) is 21.2. The van der Waals surface area contributed by atoms with Crippen molar-refractivity contribution in [3.8, 4) is 0 Å². The Labute approximate surface area is 144 Å². The number of hydrogen-bond acceptors (Lipinski definition) is 4. The fourth-order valence-corrected chi connectivity index (χ4v) is 3.63. The molecule has 1 rings (SSSR count). The highest BCUT2D eigenvalue weighted by atomic mass is 127. The molecule has 20 heavy (non-hydrogen) atoms. The van der Waals surface area contributed by atoms with E-state index >= 15 is 0 Å². The maximum atomic E-state index is 12.0. The summed E-state index contributed by atoms with van der Waals surface area (Å²) in [5.74, 6) is 2.01. The van der Waals surface area contributed by atoms with E-state index in [1.807, 2.05) is 6.92 Å². The number of nitrogens with zero attached hydrogens (tertiary/aromatic N) is 2. The fourth-order valence-electron chi connectivity index (χ4n) is 1.99. The van der Waals surface area contributed by atoms with Crippen LogP contribution in [0.25, 0.3) is 0 Å². The molecule has 1 aliphatic rings. The zero-order chi connectivity index (χ0) is 14.5. The maximum absolute atomic E-state index is 12.0. The summed E-state index contributed by atoms with van der Waals surface area (Å²) in [6.45, 7) is 8.18. The Kier molecular flexibility index (Phi) is 8.80. The van der Waals surface area contributed by atoms with E-state index in [2.05, 4.69) is 21.5 Å². The van der Waals surface area contributed by atoms with Crippen LogP contribution < -0.4 is 5.32 Å². The molecule has 0 saturated carbocycles. The minimum atomic E-state index is -3.00. The average molecular weight is 435 g/mol. The topological polar surface area (TPSA) is 61.8 Å². The number of guanidine groups is 1. The molecule has 1 heterocycles. The zero-order valence-corrected chi connectivity index (χ0v) is 16.6. The number of hydrogen-bond donors (Lipinski definition) is 1. The van der Waals surface area contributed by atoms with E-state index in [-0.39, 0.29) is 29.7 Å². The van der Waals surface area contributed by atoms with Crippen LogP contribution in [0.2, 0.25) is 0 Å². The molecule has 1 saturated heterocycles. The van der Waals surface area contributed by atoms with Crippen LogP contribution in [0, 0.1) is 0 Å². The van der Waals surface area contributed by atoms with Gasteiger partial charge in [0.2, 0.25) is 0 Å². The van der Waals surface area contributed by atoms with Gasteiger partial charge in [-0.1, -0.05) is 0 Å². The molecule has 0 aromatic carbocycles. The van der Waals surface area contributed by atoms with Gasteiger partial charge < -0.3 is 10.2 Å². The molecule has 0 bridgehead atoms. The number of aliphatic imine (C=N–C) groups is 1. The molecule has 0 atom stereocenters. The van der Waals surface area contributed by atoms with Crippen LogP contribution in [0.1, 0.15) is 20.8 Å². The van der Waals surface area contributed by atoms with Gasteiger partial charge in [0.15, 0.2) is 15.8 Å². The first-order chi connectivity index (χ1) is 8.84. The lowest BCUT2D eigenvalue weighted by Crippen LogP contribution is -2.57. The van der Waals surface area contributed by atoms with E-state index in [9.17, 15) is 8.42 Å². The fraction of sp³-hybridized carbons (Fsp3) is 0.917. The Hall–Kier alpha value is 0.300. The molecule has 0 unspecified atom stereocenters. The third-order valence-electron chi connectivity index (χ3n) is 3.23. The Morgan fingerprint density at radius 1 is 1.45 bits per heavy atom. The highest BCUT2D eigenvalue weighted by molar-refractivity contribution is 14.0. The highest BCUT2D eigenvalue weighted by Gasteiger charge is 2.40. The van der Waals surface area contributed by atoms with Crippen molar-refractivity contribution in [3.63, 3.8) is 0 Å². The van der Waals surface area contributed by atoms with E-state index in [0.29, 0.717) is 13.1 Å². The first-order valence-corrected chi connectivity index (χ1v) is 9.63. The Bertz CT molecular complexity index is 424. The van der Waals surface area contributed by atoms with Crippen molar-refractivity contribution in [2.24, 2.45) is 4.99 Å². The summed E-state index contributed by atoms with van der Waals surface area (Å²) in [7, 11) is -3.00. The van der Waals surface area contributed by atoms with Crippen molar-refractivity contribution < 1.29 is 8.42 Å². The summed E-state index contributed by atoms with van der Waals surface area (Å²) < 4.78 is 23.3. The van der Waals surface area contributed by atoms with Gasteiger partial charge in [-0.05, 0) is 27.0 Å². The van der Waals surface area contributed by atoms with Crippen LogP contribution in [0.4, 0.5) is 0 Å². The van der Waals surface area contributed by atoms with Gasteiger partial charge in [-0.25, -0.2) is 8.42 Å². The molecule has 5 nitrogen and oxygen atoms in total. The van der Waals surface area contributed by atoms with Crippen molar-refractivity contribution in [1.82, 2.24) is 10.2 Å². The van der Waals surface area contributed by atoms with E-state index in [1.54, 1.807) is 25.6 Å². The molecule has 8 heteroatoms. The Morgan fingerprint density at radius 3 is 2.60 bits per heavy atom. The average Bonchev–Trinajstić information content (AvgIpc) is 2.32. The zero-order valence-electron chi connectivity index (χ0n) is 12.7. The second kappa shape index (κ2) is 8.67. The van der Waals surface area contributed by atoms with Gasteiger partial charge in [0.1, 0.15) is 0 Å². The molecule has 0 aromatic heterocycles. The van der Waals surface area contributed by atoms with E-state index < -0.39 is 14.6 Å². The van der Waals surface area contributed by atoms with Gasteiger partial charge in [0, 0.05) is 25.4 Å². The van der Waals surface area contributed by atoms with Gasteiger partial charge in [-0.2, -0.15) is 11.8 Å². The van der Waals surface area contributed by atoms with E-state index in [4.69, 9.17) is 0 Å². The molecule has 0 aromatic rings. The minimum Gasteiger partial charge on any atom is -0.357 e. The summed E-state index contributed by atoms with van der Waals surface area (Å²) in [5.41, 5.74) is 0. The van der Waals surface area contributed by atoms with Crippen LogP contribution >= 0.6 is 35.7 Å². The highest BCUT2D eigenvalue weighted by Crippen LogP contribution is 2.23. The molecule has 1 N–H and O–H groups in total. The third-order valence-corrected chi connectivity index (χ3v) is 6.36. The molecule has 120 valence electrons. The number of thioether (sulfide) groups is 1. The van der Waals surface area contributed by atoms with Crippen LogP contribution in [0.5, 0.6) is 0 Å². The van der Waals surface area contributed by atoms with E-state index in [0.717, 1.165) is 24.8 Å². The number of rotatable bonds is 4. The SMILES string of the molecule is CCNC(=NCCSC)N1CCS(=O)(=O)C(C)(C)C1.I. The lowest BCUT2D eigenvalue weighted by atomic mass is 10.2. The summed E-state index contributed by atoms with van der Waals surface area (Å²) in [4.78, 5) is 6.62. The van der Waals surface area contributed by atoms with Gasteiger partial charge in [0.25, 0.3) is 0 Å². The van der Waals surface area contributed by atoms with Crippen molar-refractivity contribution in [2.75, 3.05) is 43.9 Å². The van der Waals surface area contributed by atoms with E-state index in [1.165, 1.54) is 0 Å². The van der Waals surface area contributed by atoms with Crippen molar-refractivity contribution in [3.05, 3.63) is 0 Å².